The number of hydrogen-bond acceptors (Lipinski definition) is 1. The van der Waals surface area contributed by atoms with Gasteiger partial charge in [-0.05, 0) is 17.5 Å². The predicted octanol–water partition coefficient (Wildman–Crippen LogP) is 3.16. The van der Waals surface area contributed by atoms with Gasteiger partial charge in [-0.2, -0.15) is 0 Å². The maximum absolute atomic E-state index is 11.0. The lowest BCUT2D eigenvalue weighted by molar-refractivity contribution is -0.139. The topological polar surface area (TPSA) is 37.3 Å². The number of benzene rings is 1. The third-order valence-corrected chi connectivity index (χ3v) is 2.52. The normalized spacial score (nSPS) is 12.9. The Morgan fingerprint density at radius 1 is 1.36 bits per heavy atom. The van der Waals surface area contributed by atoms with Crippen LogP contribution < -0.4 is 0 Å². The number of aliphatic carboxylic acids is 1. The lowest BCUT2D eigenvalue weighted by Gasteiger charge is -2.17. The van der Waals surface area contributed by atoms with E-state index in [1.54, 1.807) is 24.3 Å². The van der Waals surface area contributed by atoms with Gasteiger partial charge >= 0.3 is 5.97 Å². The van der Waals surface area contributed by atoms with E-state index in [0.29, 0.717) is 10.6 Å². The second kappa shape index (κ2) is 4.47. The van der Waals surface area contributed by atoms with E-state index in [4.69, 9.17) is 16.7 Å². The molecule has 0 aromatic heterocycles. The summed E-state index contributed by atoms with van der Waals surface area (Å²) >= 11 is 5.94. The molecule has 76 valence electrons. The molecule has 1 rings (SSSR count). The zero-order valence-electron chi connectivity index (χ0n) is 8.20. The van der Waals surface area contributed by atoms with Gasteiger partial charge in [-0.1, -0.05) is 43.6 Å². The van der Waals surface area contributed by atoms with Crippen molar-refractivity contribution in [3.8, 4) is 0 Å². The van der Waals surface area contributed by atoms with Crippen LogP contribution in [0.15, 0.2) is 24.3 Å². The van der Waals surface area contributed by atoms with Crippen LogP contribution in [0.5, 0.6) is 0 Å². The van der Waals surface area contributed by atoms with Crippen molar-refractivity contribution in [2.24, 2.45) is 5.92 Å². The molecule has 0 aliphatic rings. The molecule has 0 heterocycles. The summed E-state index contributed by atoms with van der Waals surface area (Å²) in [6.07, 6.45) is 0. The fourth-order valence-electron chi connectivity index (χ4n) is 1.50. The predicted molar refractivity (Wildman–Crippen MR) is 56.7 cm³/mol. The molecule has 0 aliphatic carbocycles. The van der Waals surface area contributed by atoms with Crippen LogP contribution in [0.25, 0.3) is 0 Å². The van der Waals surface area contributed by atoms with Gasteiger partial charge in [0.15, 0.2) is 0 Å². The molecule has 0 aliphatic heterocycles. The highest BCUT2D eigenvalue weighted by Gasteiger charge is 2.25. The Bertz CT molecular complexity index is 334. The van der Waals surface area contributed by atoms with Crippen molar-refractivity contribution in [3.63, 3.8) is 0 Å². The number of carbonyl (C=O) groups is 1. The zero-order chi connectivity index (χ0) is 10.7. The van der Waals surface area contributed by atoms with E-state index in [9.17, 15) is 4.79 Å². The third kappa shape index (κ3) is 2.26. The van der Waals surface area contributed by atoms with Gasteiger partial charge in [0.1, 0.15) is 0 Å². The van der Waals surface area contributed by atoms with Gasteiger partial charge in [0.05, 0.1) is 5.92 Å². The van der Waals surface area contributed by atoms with Crippen LogP contribution in [0.2, 0.25) is 5.02 Å². The van der Waals surface area contributed by atoms with E-state index < -0.39 is 11.9 Å². The molecule has 0 saturated heterocycles. The second-order valence-electron chi connectivity index (χ2n) is 3.58. The van der Waals surface area contributed by atoms with Crippen LogP contribution in [0.1, 0.15) is 25.3 Å². The summed E-state index contributed by atoms with van der Waals surface area (Å²) < 4.78 is 0. The number of carboxylic acid groups (broad SMARTS) is 1. The molecule has 3 heteroatoms. The van der Waals surface area contributed by atoms with E-state index in [0.717, 1.165) is 0 Å². The molecular formula is C11H13ClO2. The summed E-state index contributed by atoms with van der Waals surface area (Å²) in [5.41, 5.74) is 0.691. The molecule has 1 atom stereocenters. The van der Waals surface area contributed by atoms with Crippen molar-refractivity contribution in [1.29, 1.82) is 0 Å². The molecule has 14 heavy (non-hydrogen) atoms. The summed E-state index contributed by atoms with van der Waals surface area (Å²) in [7, 11) is 0. The van der Waals surface area contributed by atoms with Gasteiger partial charge < -0.3 is 5.11 Å². The Hall–Kier alpha value is -1.02. The number of carboxylic acids is 1. The first kappa shape index (κ1) is 11.1. The Balaban J connectivity index is 3.12. The van der Waals surface area contributed by atoms with Gasteiger partial charge in [-0.3, -0.25) is 4.79 Å². The zero-order valence-corrected chi connectivity index (χ0v) is 8.95. The Labute approximate surface area is 88.5 Å². The van der Waals surface area contributed by atoms with Crippen LogP contribution in [0.3, 0.4) is 0 Å². The van der Waals surface area contributed by atoms with E-state index in [1.165, 1.54) is 0 Å². The van der Waals surface area contributed by atoms with Crippen molar-refractivity contribution in [3.05, 3.63) is 34.9 Å². The van der Waals surface area contributed by atoms with E-state index in [-0.39, 0.29) is 5.92 Å². The molecule has 1 aromatic rings. The highest BCUT2D eigenvalue weighted by molar-refractivity contribution is 6.31. The number of rotatable bonds is 3. The minimum absolute atomic E-state index is 0.0346. The Kier molecular flexibility index (Phi) is 3.53. The minimum Gasteiger partial charge on any atom is -0.481 e. The molecule has 0 amide bonds. The van der Waals surface area contributed by atoms with Crippen LogP contribution >= 0.6 is 11.6 Å². The molecular weight excluding hydrogens is 200 g/mol. The summed E-state index contributed by atoms with van der Waals surface area (Å²) in [5.74, 6) is -1.32. The highest BCUT2D eigenvalue weighted by atomic mass is 35.5. The molecule has 0 bridgehead atoms. The van der Waals surface area contributed by atoms with Crippen molar-refractivity contribution < 1.29 is 9.90 Å². The maximum Gasteiger partial charge on any atom is 0.311 e. The first-order valence-corrected chi connectivity index (χ1v) is 4.89. The lowest BCUT2D eigenvalue weighted by atomic mass is 9.88. The van der Waals surface area contributed by atoms with Crippen molar-refractivity contribution in [2.75, 3.05) is 0 Å². The van der Waals surface area contributed by atoms with Crippen LogP contribution in [-0.4, -0.2) is 11.1 Å². The first-order valence-electron chi connectivity index (χ1n) is 4.51. The molecule has 1 unspecified atom stereocenters. The van der Waals surface area contributed by atoms with Gasteiger partial charge in [-0.25, -0.2) is 0 Å². The lowest BCUT2D eigenvalue weighted by Crippen LogP contribution is -2.17. The van der Waals surface area contributed by atoms with Gasteiger partial charge in [0.25, 0.3) is 0 Å². The molecule has 0 radical (unpaired) electrons. The van der Waals surface area contributed by atoms with Crippen LogP contribution in [0.4, 0.5) is 0 Å². The van der Waals surface area contributed by atoms with Gasteiger partial charge in [0, 0.05) is 5.02 Å². The molecule has 0 fully saturated rings. The molecule has 2 nitrogen and oxygen atoms in total. The Morgan fingerprint density at radius 3 is 2.36 bits per heavy atom. The van der Waals surface area contributed by atoms with E-state index in [2.05, 4.69) is 0 Å². The van der Waals surface area contributed by atoms with E-state index >= 15 is 0 Å². The van der Waals surface area contributed by atoms with Gasteiger partial charge in [-0.15, -0.1) is 0 Å². The van der Waals surface area contributed by atoms with E-state index in [1.807, 2.05) is 13.8 Å². The summed E-state index contributed by atoms with van der Waals surface area (Å²) in [4.78, 5) is 11.0. The standard InChI is InChI=1S/C11H13ClO2/c1-7(2)10(11(13)14)8-5-3-4-6-9(8)12/h3-7,10H,1-2H3,(H,13,14). The van der Waals surface area contributed by atoms with Crippen LogP contribution in [0, 0.1) is 5.92 Å². The number of halogens is 1. The maximum atomic E-state index is 11.0. The second-order valence-corrected chi connectivity index (χ2v) is 3.99. The number of hydrogen-bond donors (Lipinski definition) is 1. The molecule has 1 aromatic carbocycles. The summed E-state index contributed by atoms with van der Waals surface area (Å²) in [6, 6.07) is 7.08. The fraction of sp³-hybridized carbons (Fsp3) is 0.364. The minimum atomic E-state index is -0.826. The highest BCUT2D eigenvalue weighted by Crippen LogP contribution is 2.30. The largest absolute Gasteiger partial charge is 0.481 e. The van der Waals surface area contributed by atoms with Crippen molar-refractivity contribution in [2.45, 2.75) is 19.8 Å². The summed E-state index contributed by atoms with van der Waals surface area (Å²) in [6.45, 7) is 3.75. The quantitative estimate of drug-likeness (QED) is 0.836. The first-order chi connectivity index (χ1) is 6.54. The molecule has 1 N–H and O–H groups in total. The van der Waals surface area contributed by atoms with Crippen LogP contribution in [-0.2, 0) is 4.79 Å². The Morgan fingerprint density at radius 2 is 1.93 bits per heavy atom. The summed E-state index contributed by atoms with van der Waals surface area (Å²) in [5, 5.41) is 9.58. The smallest absolute Gasteiger partial charge is 0.311 e. The average molecular weight is 213 g/mol. The van der Waals surface area contributed by atoms with Crippen molar-refractivity contribution >= 4 is 17.6 Å². The molecule has 0 spiro atoms. The fourth-order valence-corrected chi connectivity index (χ4v) is 1.76. The van der Waals surface area contributed by atoms with Crippen molar-refractivity contribution in [1.82, 2.24) is 0 Å². The monoisotopic (exact) mass is 212 g/mol. The molecule has 0 saturated carbocycles. The van der Waals surface area contributed by atoms with Gasteiger partial charge in [0.2, 0.25) is 0 Å². The SMILES string of the molecule is CC(C)C(C(=O)O)c1ccccc1Cl. The third-order valence-electron chi connectivity index (χ3n) is 2.17. The average Bonchev–Trinajstić information content (AvgIpc) is 2.07.